The van der Waals surface area contributed by atoms with Gasteiger partial charge in [0, 0.05) is 38.4 Å². The zero-order valence-electron chi connectivity index (χ0n) is 14.7. The number of carbonyl (C=O) groups excluding carboxylic acids is 2. The van der Waals surface area contributed by atoms with E-state index in [4.69, 9.17) is 0 Å². The van der Waals surface area contributed by atoms with E-state index in [2.05, 4.69) is 21.3 Å². The first-order valence-corrected chi connectivity index (χ1v) is 8.59. The summed E-state index contributed by atoms with van der Waals surface area (Å²) in [6.45, 7) is 1.86. The van der Waals surface area contributed by atoms with Crippen molar-refractivity contribution in [1.29, 1.82) is 0 Å². The summed E-state index contributed by atoms with van der Waals surface area (Å²) >= 11 is 0. The molecule has 0 saturated carbocycles. The number of amides is 2. The number of benzene rings is 1. The Morgan fingerprint density at radius 1 is 1.19 bits per heavy atom. The molecule has 1 aliphatic heterocycles. The fraction of sp³-hybridized carbons (Fsp3) is 0.316. The number of pyridine rings is 1. The quantitative estimate of drug-likeness (QED) is 0.797. The van der Waals surface area contributed by atoms with Gasteiger partial charge in [-0.15, -0.1) is 0 Å². The number of aromatic nitrogens is 1. The Labute approximate surface area is 151 Å². The zero-order chi connectivity index (χ0) is 18.5. The van der Waals surface area contributed by atoms with Crippen molar-refractivity contribution >= 4 is 17.5 Å². The van der Waals surface area contributed by atoms with Crippen LogP contribution in [0.15, 0.2) is 47.3 Å². The maximum Gasteiger partial charge on any atom is 0.270 e. The average Bonchev–Trinajstić information content (AvgIpc) is 3.04. The largest absolute Gasteiger partial charge is 0.362 e. The molecule has 0 aliphatic carbocycles. The van der Waals surface area contributed by atoms with Crippen molar-refractivity contribution in [1.82, 2.24) is 15.2 Å². The molecule has 7 nitrogen and oxygen atoms in total. The molecule has 3 rings (SSSR count). The summed E-state index contributed by atoms with van der Waals surface area (Å²) in [5.74, 6) is -0.360. The van der Waals surface area contributed by atoms with E-state index in [0.717, 1.165) is 18.7 Å². The molecule has 0 unspecified atom stereocenters. The Bertz CT molecular complexity index is 862. The van der Waals surface area contributed by atoms with Gasteiger partial charge >= 0.3 is 0 Å². The fourth-order valence-corrected chi connectivity index (χ4v) is 3.04. The number of H-pyrrole nitrogens is 1. The van der Waals surface area contributed by atoms with Crippen LogP contribution in [-0.4, -0.2) is 54.9 Å². The van der Waals surface area contributed by atoms with E-state index in [0.29, 0.717) is 19.6 Å². The van der Waals surface area contributed by atoms with Crippen LogP contribution in [-0.2, 0) is 11.2 Å². The Morgan fingerprint density at radius 3 is 2.81 bits per heavy atom. The van der Waals surface area contributed by atoms with Crippen molar-refractivity contribution < 1.29 is 9.59 Å². The monoisotopic (exact) mass is 354 g/mol. The highest BCUT2D eigenvalue weighted by molar-refractivity contribution is 5.92. The molecule has 0 radical (unpaired) electrons. The zero-order valence-corrected chi connectivity index (χ0v) is 14.7. The van der Waals surface area contributed by atoms with Gasteiger partial charge in [0.25, 0.3) is 5.91 Å². The summed E-state index contributed by atoms with van der Waals surface area (Å²) in [7, 11) is 1.64. The number of aromatic amines is 1. The van der Waals surface area contributed by atoms with E-state index < -0.39 is 0 Å². The van der Waals surface area contributed by atoms with Crippen molar-refractivity contribution in [3.05, 3.63) is 64.1 Å². The summed E-state index contributed by atoms with van der Waals surface area (Å²) in [6, 6.07) is 12.6. The third kappa shape index (κ3) is 4.11. The second kappa shape index (κ2) is 7.86. The molecule has 7 heteroatoms. The van der Waals surface area contributed by atoms with Crippen LogP contribution in [0.4, 0.5) is 5.69 Å². The van der Waals surface area contributed by atoms with Gasteiger partial charge in [0.05, 0.1) is 6.54 Å². The number of fused-ring (bicyclic) bond motifs is 1. The highest BCUT2D eigenvalue weighted by Crippen LogP contribution is 2.26. The van der Waals surface area contributed by atoms with Crippen molar-refractivity contribution in [2.45, 2.75) is 6.42 Å². The average molecular weight is 354 g/mol. The smallest absolute Gasteiger partial charge is 0.270 e. The van der Waals surface area contributed by atoms with Gasteiger partial charge in [-0.2, -0.15) is 0 Å². The molecule has 26 heavy (non-hydrogen) atoms. The van der Waals surface area contributed by atoms with Crippen LogP contribution in [0.5, 0.6) is 0 Å². The maximum atomic E-state index is 12.2. The lowest BCUT2D eigenvalue weighted by Gasteiger charge is -2.20. The number of hydrogen-bond donors (Lipinski definition) is 2. The molecule has 1 aromatic carbocycles. The number of rotatable bonds is 6. The lowest BCUT2D eigenvalue weighted by atomic mass is 10.2. The third-order valence-electron chi connectivity index (χ3n) is 4.43. The topological polar surface area (TPSA) is 85.5 Å². The maximum absolute atomic E-state index is 12.2. The minimum absolute atomic E-state index is 0.0735. The first-order chi connectivity index (χ1) is 12.5. The van der Waals surface area contributed by atoms with Crippen molar-refractivity contribution in [2.75, 3.05) is 38.1 Å². The summed E-state index contributed by atoms with van der Waals surface area (Å²) < 4.78 is 0. The Kier molecular flexibility index (Phi) is 5.36. The predicted molar refractivity (Wildman–Crippen MR) is 99.4 cm³/mol. The number of hydrogen-bond acceptors (Lipinski definition) is 4. The van der Waals surface area contributed by atoms with Gasteiger partial charge in [-0.1, -0.05) is 24.3 Å². The fourth-order valence-electron chi connectivity index (χ4n) is 3.04. The summed E-state index contributed by atoms with van der Waals surface area (Å²) in [5, 5.41) is 2.84. The Morgan fingerprint density at radius 2 is 2.00 bits per heavy atom. The molecular weight excluding hydrogens is 332 g/mol. The predicted octanol–water partition coefficient (Wildman–Crippen LogP) is 0.626. The van der Waals surface area contributed by atoms with E-state index in [9.17, 15) is 14.4 Å². The van der Waals surface area contributed by atoms with Gasteiger partial charge in [-0.05, 0) is 24.1 Å². The molecule has 136 valence electrons. The van der Waals surface area contributed by atoms with Crippen molar-refractivity contribution in [2.24, 2.45) is 0 Å². The van der Waals surface area contributed by atoms with Crippen molar-refractivity contribution in [3.63, 3.8) is 0 Å². The molecule has 0 atom stereocenters. The number of para-hydroxylation sites is 1. The lowest BCUT2D eigenvalue weighted by Crippen LogP contribution is -2.41. The van der Waals surface area contributed by atoms with Crippen LogP contribution < -0.4 is 15.8 Å². The highest BCUT2D eigenvalue weighted by atomic mass is 16.2. The molecule has 0 bridgehead atoms. The van der Waals surface area contributed by atoms with Crippen LogP contribution >= 0.6 is 0 Å². The molecule has 0 spiro atoms. The third-order valence-corrected chi connectivity index (χ3v) is 4.43. The van der Waals surface area contributed by atoms with Crippen LogP contribution in [0, 0.1) is 0 Å². The summed E-state index contributed by atoms with van der Waals surface area (Å²) in [6.07, 6.45) is 0.954. The van der Waals surface area contributed by atoms with Gasteiger partial charge in [-0.25, -0.2) is 0 Å². The SMILES string of the molecule is CN(CCNC(=O)CN1CCc2ccccc21)C(=O)c1cccc(=O)[nH]1. The molecule has 1 aliphatic rings. The lowest BCUT2D eigenvalue weighted by molar-refractivity contribution is -0.119. The summed E-state index contributed by atoms with van der Waals surface area (Å²) in [5.41, 5.74) is 2.30. The molecule has 2 heterocycles. The first kappa shape index (κ1) is 17.7. The van der Waals surface area contributed by atoms with Gasteiger partial charge in [0.2, 0.25) is 11.5 Å². The number of nitrogens with one attached hydrogen (secondary N) is 2. The van der Waals surface area contributed by atoms with Crippen molar-refractivity contribution in [3.8, 4) is 0 Å². The van der Waals surface area contributed by atoms with Crippen LogP contribution in [0.25, 0.3) is 0 Å². The molecule has 0 saturated heterocycles. The van der Waals surface area contributed by atoms with Gasteiger partial charge < -0.3 is 20.1 Å². The minimum Gasteiger partial charge on any atom is -0.362 e. The van der Waals surface area contributed by atoms with E-state index in [-0.39, 0.29) is 23.1 Å². The standard InChI is InChI=1S/C19H22N4O3/c1-22(19(26)15-6-4-8-17(24)21-15)12-10-20-18(25)13-23-11-9-14-5-2-3-7-16(14)23/h2-8H,9-13H2,1H3,(H,20,25)(H,21,24). The summed E-state index contributed by atoms with van der Waals surface area (Å²) in [4.78, 5) is 41.7. The number of nitrogens with zero attached hydrogens (tertiary/aromatic N) is 2. The Balaban J connectivity index is 1.45. The molecule has 2 aromatic rings. The molecule has 0 fully saturated rings. The van der Waals surface area contributed by atoms with E-state index >= 15 is 0 Å². The van der Waals surface area contributed by atoms with Gasteiger partial charge in [-0.3, -0.25) is 14.4 Å². The van der Waals surface area contributed by atoms with E-state index in [1.807, 2.05) is 18.2 Å². The van der Waals surface area contributed by atoms with Crippen LogP contribution in [0.2, 0.25) is 0 Å². The second-order valence-corrected chi connectivity index (χ2v) is 6.31. The number of carbonyl (C=O) groups is 2. The normalized spacial score (nSPS) is 12.6. The number of likely N-dealkylation sites (N-methyl/N-ethyl adjacent to an activating group) is 1. The molecule has 2 amide bonds. The molecule has 1 aromatic heterocycles. The molecule has 2 N–H and O–H groups in total. The highest BCUT2D eigenvalue weighted by Gasteiger charge is 2.20. The number of anilines is 1. The molecular formula is C19H22N4O3. The van der Waals surface area contributed by atoms with Crippen LogP contribution in [0.3, 0.4) is 0 Å². The van der Waals surface area contributed by atoms with E-state index in [1.165, 1.54) is 22.6 Å². The van der Waals surface area contributed by atoms with E-state index in [1.54, 1.807) is 13.1 Å². The second-order valence-electron chi connectivity index (χ2n) is 6.31. The minimum atomic E-state index is -0.316. The van der Waals surface area contributed by atoms with Gasteiger partial charge in [0.1, 0.15) is 5.69 Å². The van der Waals surface area contributed by atoms with Crippen LogP contribution in [0.1, 0.15) is 16.1 Å². The van der Waals surface area contributed by atoms with Gasteiger partial charge in [0.15, 0.2) is 0 Å². The Hall–Kier alpha value is -3.09. The first-order valence-electron chi connectivity index (χ1n) is 8.59.